The maximum absolute atomic E-state index is 13.6. The lowest BCUT2D eigenvalue weighted by molar-refractivity contribution is -0.129. The minimum atomic E-state index is -3.87. The van der Waals surface area contributed by atoms with Crippen LogP contribution in [-0.2, 0) is 19.4 Å². The molecule has 0 bridgehead atoms. The molecule has 2 aromatic heterocycles. The highest BCUT2D eigenvalue weighted by atomic mass is 32.2. The van der Waals surface area contributed by atoms with Crippen molar-refractivity contribution in [1.29, 1.82) is 0 Å². The molecule has 0 saturated carbocycles. The summed E-state index contributed by atoms with van der Waals surface area (Å²) in [5.41, 5.74) is 2.04. The average Bonchev–Trinajstić information content (AvgIpc) is 3.48. The lowest BCUT2D eigenvalue weighted by atomic mass is 9.97. The third-order valence-corrected chi connectivity index (χ3v) is 9.62. The van der Waals surface area contributed by atoms with Crippen LogP contribution >= 0.6 is 11.3 Å². The van der Waals surface area contributed by atoms with Gasteiger partial charge < -0.3 is 9.32 Å². The molecule has 3 aromatic rings. The monoisotopic (exact) mass is 474 g/mol. The minimum Gasteiger partial charge on any atom is -0.464 e. The van der Waals surface area contributed by atoms with Gasteiger partial charge in [-0.15, -0.1) is 11.3 Å². The zero-order chi connectivity index (χ0) is 22.8. The lowest BCUT2D eigenvalue weighted by Crippen LogP contribution is -2.41. The zero-order valence-electron chi connectivity index (χ0n) is 17.1. The van der Waals surface area contributed by atoms with Crippen molar-refractivity contribution < 1.29 is 27.6 Å². The fourth-order valence-corrected chi connectivity index (χ4v) is 7.54. The molecule has 3 heterocycles. The lowest BCUT2D eigenvalue weighted by Gasteiger charge is -2.30. The van der Waals surface area contributed by atoms with Crippen molar-refractivity contribution in [3.05, 3.63) is 71.3 Å². The van der Waals surface area contributed by atoms with Crippen LogP contribution in [0.4, 0.5) is 0 Å². The van der Waals surface area contributed by atoms with Crippen LogP contribution in [0.2, 0.25) is 0 Å². The van der Waals surface area contributed by atoms with Gasteiger partial charge in [0.1, 0.15) is 10.5 Å². The SMILES string of the molecule is O=C(CC1(c2ccc(-c3ccco3)s2)CCN(C(=O)c2ccccc2)CCS1(=O)=O)NO. The van der Waals surface area contributed by atoms with Gasteiger partial charge in [0.15, 0.2) is 9.84 Å². The van der Waals surface area contributed by atoms with Gasteiger partial charge >= 0.3 is 0 Å². The number of amides is 2. The van der Waals surface area contributed by atoms with E-state index in [4.69, 9.17) is 9.62 Å². The number of rotatable bonds is 5. The second-order valence-electron chi connectivity index (χ2n) is 7.57. The standard InChI is InChI=1S/C22H22N2O6S2/c25-20(23-27)15-22(19-9-8-18(31-19)17-7-4-13-30-17)10-11-24(12-14-32(22,28)29)21(26)16-5-2-1-3-6-16/h1-9,13,27H,10-12,14-15H2,(H,23,25). The number of carbonyl (C=O) groups excluding carboxylic acids is 2. The first-order chi connectivity index (χ1) is 15.4. The number of hydroxylamine groups is 1. The molecule has 168 valence electrons. The number of carbonyl (C=O) groups is 2. The number of nitrogens with zero attached hydrogens (tertiary/aromatic N) is 1. The second kappa shape index (κ2) is 8.89. The first kappa shape index (κ1) is 22.3. The maximum Gasteiger partial charge on any atom is 0.253 e. The van der Waals surface area contributed by atoms with E-state index >= 15 is 0 Å². The van der Waals surface area contributed by atoms with Gasteiger partial charge in [0.05, 0.1) is 23.3 Å². The summed E-state index contributed by atoms with van der Waals surface area (Å²) in [6.45, 7) is 0.175. The quantitative estimate of drug-likeness (QED) is 0.434. The predicted octanol–water partition coefficient (Wildman–Crippen LogP) is 3.06. The van der Waals surface area contributed by atoms with E-state index in [-0.39, 0.29) is 31.2 Å². The Bertz CT molecular complexity index is 1200. The number of hydrogen-bond acceptors (Lipinski definition) is 7. The number of sulfone groups is 1. The molecule has 1 fully saturated rings. The zero-order valence-corrected chi connectivity index (χ0v) is 18.7. The highest BCUT2D eigenvalue weighted by Crippen LogP contribution is 2.45. The minimum absolute atomic E-state index is 0.0228. The molecule has 1 atom stereocenters. The summed E-state index contributed by atoms with van der Waals surface area (Å²) in [6.07, 6.45) is 1.11. The van der Waals surface area contributed by atoms with Crippen molar-refractivity contribution in [3.8, 4) is 10.6 Å². The van der Waals surface area contributed by atoms with E-state index in [1.165, 1.54) is 22.5 Å². The van der Waals surface area contributed by atoms with Crippen molar-refractivity contribution in [2.24, 2.45) is 0 Å². The van der Waals surface area contributed by atoms with Gasteiger partial charge in [0.25, 0.3) is 5.91 Å². The molecule has 0 radical (unpaired) electrons. The van der Waals surface area contributed by atoms with E-state index in [9.17, 15) is 18.0 Å². The summed E-state index contributed by atoms with van der Waals surface area (Å²) < 4.78 is 31.0. The van der Waals surface area contributed by atoms with E-state index < -0.39 is 26.9 Å². The predicted molar refractivity (Wildman–Crippen MR) is 119 cm³/mol. The average molecular weight is 475 g/mol. The molecule has 4 rings (SSSR count). The van der Waals surface area contributed by atoms with Crippen LogP contribution in [0, 0.1) is 0 Å². The Morgan fingerprint density at radius 3 is 2.56 bits per heavy atom. The Labute approximate surface area is 189 Å². The van der Waals surface area contributed by atoms with Crippen molar-refractivity contribution >= 4 is 33.0 Å². The summed E-state index contributed by atoms with van der Waals surface area (Å²) in [6, 6.07) is 15.6. The van der Waals surface area contributed by atoms with E-state index in [0.29, 0.717) is 16.2 Å². The van der Waals surface area contributed by atoms with Gasteiger partial charge in [0.2, 0.25) is 5.91 Å². The van der Waals surface area contributed by atoms with Gasteiger partial charge in [-0.05, 0) is 42.8 Å². The van der Waals surface area contributed by atoms with Crippen LogP contribution in [0.5, 0.6) is 0 Å². The third kappa shape index (κ3) is 4.08. The number of nitrogens with one attached hydrogen (secondary N) is 1. The molecule has 1 aliphatic rings. The van der Waals surface area contributed by atoms with Crippen molar-refractivity contribution in [3.63, 3.8) is 0 Å². The first-order valence-electron chi connectivity index (χ1n) is 10.00. The van der Waals surface area contributed by atoms with Crippen molar-refractivity contribution in [2.75, 3.05) is 18.8 Å². The topological polar surface area (TPSA) is 117 Å². The molecule has 1 aromatic carbocycles. The normalized spacial score (nSPS) is 20.5. The summed E-state index contributed by atoms with van der Waals surface area (Å²) in [5.74, 6) is -0.761. The number of furan rings is 1. The first-order valence-corrected chi connectivity index (χ1v) is 12.5. The van der Waals surface area contributed by atoms with Gasteiger partial charge in [-0.1, -0.05) is 18.2 Å². The Morgan fingerprint density at radius 1 is 1.09 bits per heavy atom. The number of hydrogen-bond donors (Lipinski definition) is 2. The van der Waals surface area contributed by atoms with Crippen LogP contribution in [0.25, 0.3) is 10.6 Å². The van der Waals surface area contributed by atoms with Crippen LogP contribution in [-0.4, -0.2) is 49.2 Å². The van der Waals surface area contributed by atoms with Crippen LogP contribution in [0.15, 0.2) is 65.3 Å². The molecule has 1 unspecified atom stereocenters. The van der Waals surface area contributed by atoms with Gasteiger partial charge in [0, 0.05) is 23.5 Å². The summed E-state index contributed by atoms with van der Waals surface area (Å²) in [7, 11) is -3.87. The van der Waals surface area contributed by atoms with Crippen molar-refractivity contribution in [2.45, 2.75) is 17.6 Å². The molecular weight excluding hydrogens is 452 g/mol. The fourth-order valence-electron chi connectivity index (χ4n) is 3.97. The molecule has 2 N–H and O–H groups in total. The molecule has 10 heteroatoms. The van der Waals surface area contributed by atoms with Gasteiger partial charge in [-0.2, -0.15) is 0 Å². The Hall–Kier alpha value is -2.95. The maximum atomic E-state index is 13.6. The van der Waals surface area contributed by atoms with Crippen LogP contribution < -0.4 is 5.48 Å². The van der Waals surface area contributed by atoms with Crippen LogP contribution in [0.1, 0.15) is 28.1 Å². The molecule has 0 aliphatic carbocycles. The second-order valence-corrected chi connectivity index (χ2v) is 11.1. The summed E-state index contributed by atoms with van der Waals surface area (Å²) in [5, 5.41) is 9.14. The third-order valence-electron chi connectivity index (χ3n) is 5.71. The molecule has 32 heavy (non-hydrogen) atoms. The van der Waals surface area contributed by atoms with E-state index in [2.05, 4.69) is 0 Å². The molecular formula is C22H22N2O6S2. The Morgan fingerprint density at radius 2 is 1.88 bits per heavy atom. The van der Waals surface area contributed by atoms with Gasteiger partial charge in [-0.3, -0.25) is 14.8 Å². The molecule has 1 aliphatic heterocycles. The number of thiophene rings is 1. The Kier molecular flexibility index (Phi) is 6.18. The van der Waals surface area contributed by atoms with E-state index in [1.54, 1.807) is 60.1 Å². The van der Waals surface area contributed by atoms with Crippen LogP contribution in [0.3, 0.4) is 0 Å². The smallest absolute Gasteiger partial charge is 0.253 e. The fraction of sp³-hybridized carbons (Fsp3) is 0.273. The largest absolute Gasteiger partial charge is 0.464 e. The Balaban J connectivity index is 1.72. The number of benzene rings is 1. The molecule has 8 nitrogen and oxygen atoms in total. The summed E-state index contributed by atoms with van der Waals surface area (Å²) >= 11 is 1.23. The van der Waals surface area contributed by atoms with Gasteiger partial charge in [-0.25, -0.2) is 13.9 Å². The highest BCUT2D eigenvalue weighted by Gasteiger charge is 2.50. The van der Waals surface area contributed by atoms with E-state index in [0.717, 1.165) is 4.88 Å². The molecule has 2 amide bonds. The molecule has 0 spiro atoms. The van der Waals surface area contributed by atoms with E-state index in [1.807, 2.05) is 0 Å². The summed E-state index contributed by atoms with van der Waals surface area (Å²) in [4.78, 5) is 27.9. The van der Waals surface area contributed by atoms with Crippen molar-refractivity contribution in [1.82, 2.24) is 10.4 Å². The highest BCUT2D eigenvalue weighted by molar-refractivity contribution is 7.92. The molecule has 1 saturated heterocycles.